The molecular weight excluding hydrogens is 398 g/mol. The van der Waals surface area contributed by atoms with Crippen LogP contribution in [0.3, 0.4) is 0 Å². The molecule has 0 radical (unpaired) electrons. The van der Waals surface area contributed by atoms with Crippen LogP contribution in [-0.4, -0.2) is 23.3 Å². The topological polar surface area (TPSA) is 40.6 Å². The van der Waals surface area contributed by atoms with Gasteiger partial charge in [0.2, 0.25) is 0 Å². The van der Waals surface area contributed by atoms with Gasteiger partial charge in [-0.3, -0.25) is 14.5 Å². The fraction of sp³-hybridized carbons (Fsp3) is 0.120. The molecule has 0 N–H and O–H groups in total. The Bertz CT molecular complexity index is 1220. The maximum Gasteiger partial charge on any atom is 0.278 e. The molecule has 3 aromatic carbocycles. The molecule has 2 aliphatic heterocycles. The van der Waals surface area contributed by atoms with Gasteiger partial charge in [-0.05, 0) is 53.4 Å². The fourth-order valence-electron chi connectivity index (χ4n) is 4.18. The van der Waals surface area contributed by atoms with E-state index in [-0.39, 0.29) is 17.9 Å². The number of para-hydroxylation sites is 1. The normalized spacial score (nSPS) is 15.8. The summed E-state index contributed by atoms with van der Waals surface area (Å²) in [4.78, 5) is 29.9. The molecule has 5 rings (SSSR count). The van der Waals surface area contributed by atoms with Crippen molar-refractivity contribution < 1.29 is 18.4 Å². The van der Waals surface area contributed by atoms with Crippen LogP contribution in [0.1, 0.15) is 16.7 Å². The zero-order valence-corrected chi connectivity index (χ0v) is 16.5. The minimum Gasteiger partial charge on any atom is -0.336 e. The van der Waals surface area contributed by atoms with Gasteiger partial charge < -0.3 is 4.90 Å². The molecule has 3 aromatic rings. The SMILES string of the molecule is O=C1C(c2ccc(F)cc2)=C(N2CCc3ccccc32)C(=O)N1Cc1ccc(F)cc1. The summed E-state index contributed by atoms with van der Waals surface area (Å²) in [5, 5.41) is 0. The summed E-state index contributed by atoms with van der Waals surface area (Å²) in [7, 11) is 0. The van der Waals surface area contributed by atoms with Crippen molar-refractivity contribution in [1.29, 1.82) is 0 Å². The van der Waals surface area contributed by atoms with E-state index in [0.29, 0.717) is 23.4 Å². The molecule has 0 saturated carbocycles. The van der Waals surface area contributed by atoms with Gasteiger partial charge in [-0.1, -0.05) is 42.5 Å². The van der Waals surface area contributed by atoms with Crippen LogP contribution in [0.15, 0.2) is 78.5 Å². The number of carbonyl (C=O) groups excluding carboxylic acids is 2. The number of halogens is 2. The van der Waals surface area contributed by atoms with Crippen LogP contribution in [0.4, 0.5) is 14.5 Å². The van der Waals surface area contributed by atoms with Crippen molar-refractivity contribution in [3.8, 4) is 0 Å². The van der Waals surface area contributed by atoms with Crippen molar-refractivity contribution in [2.45, 2.75) is 13.0 Å². The first-order chi connectivity index (χ1) is 15.0. The number of fused-ring (bicyclic) bond motifs is 1. The van der Waals surface area contributed by atoms with Crippen molar-refractivity contribution in [3.05, 3.63) is 107 Å². The summed E-state index contributed by atoms with van der Waals surface area (Å²) in [6, 6.07) is 19.1. The van der Waals surface area contributed by atoms with Crippen molar-refractivity contribution in [1.82, 2.24) is 4.90 Å². The largest absolute Gasteiger partial charge is 0.336 e. The summed E-state index contributed by atoms with van der Waals surface area (Å²) in [6.45, 7) is 0.602. The number of benzene rings is 3. The Morgan fingerprint density at radius 2 is 1.42 bits per heavy atom. The van der Waals surface area contributed by atoms with E-state index >= 15 is 0 Å². The minimum atomic E-state index is -0.444. The van der Waals surface area contributed by atoms with Crippen LogP contribution in [-0.2, 0) is 22.6 Å². The highest BCUT2D eigenvalue weighted by Crippen LogP contribution is 2.39. The predicted octanol–water partition coefficient (Wildman–Crippen LogP) is 4.31. The van der Waals surface area contributed by atoms with E-state index in [1.54, 1.807) is 12.1 Å². The molecule has 0 aliphatic carbocycles. The van der Waals surface area contributed by atoms with E-state index in [2.05, 4.69) is 0 Å². The van der Waals surface area contributed by atoms with Crippen LogP contribution in [0.2, 0.25) is 0 Å². The van der Waals surface area contributed by atoms with Crippen molar-refractivity contribution >= 4 is 23.1 Å². The van der Waals surface area contributed by atoms with Gasteiger partial charge >= 0.3 is 0 Å². The Balaban J connectivity index is 1.60. The van der Waals surface area contributed by atoms with Gasteiger partial charge in [-0.2, -0.15) is 0 Å². The highest BCUT2D eigenvalue weighted by Gasteiger charge is 2.43. The Labute approximate surface area is 178 Å². The van der Waals surface area contributed by atoms with Gasteiger partial charge in [0.15, 0.2) is 0 Å². The monoisotopic (exact) mass is 416 g/mol. The Hall–Kier alpha value is -3.80. The molecule has 2 heterocycles. The van der Waals surface area contributed by atoms with Crippen LogP contribution in [0.25, 0.3) is 5.57 Å². The molecule has 31 heavy (non-hydrogen) atoms. The second kappa shape index (κ2) is 7.47. The highest BCUT2D eigenvalue weighted by molar-refractivity contribution is 6.36. The molecule has 2 amide bonds. The molecule has 4 nitrogen and oxygen atoms in total. The lowest BCUT2D eigenvalue weighted by molar-refractivity contribution is -0.137. The van der Waals surface area contributed by atoms with Crippen LogP contribution < -0.4 is 4.90 Å². The van der Waals surface area contributed by atoms with Gasteiger partial charge in [0.25, 0.3) is 11.8 Å². The third-order valence-corrected chi connectivity index (χ3v) is 5.69. The zero-order chi connectivity index (χ0) is 21.5. The van der Waals surface area contributed by atoms with Crippen molar-refractivity contribution in [2.24, 2.45) is 0 Å². The number of hydrogen-bond acceptors (Lipinski definition) is 3. The Morgan fingerprint density at radius 1 is 0.774 bits per heavy atom. The highest BCUT2D eigenvalue weighted by atomic mass is 19.1. The van der Waals surface area contributed by atoms with Crippen LogP contribution >= 0.6 is 0 Å². The number of amides is 2. The van der Waals surface area contributed by atoms with Gasteiger partial charge in [-0.15, -0.1) is 0 Å². The zero-order valence-electron chi connectivity index (χ0n) is 16.5. The van der Waals surface area contributed by atoms with E-state index in [4.69, 9.17) is 0 Å². The van der Waals surface area contributed by atoms with Gasteiger partial charge in [0, 0.05) is 12.2 Å². The first-order valence-corrected chi connectivity index (χ1v) is 9.99. The van der Waals surface area contributed by atoms with E-state index < -0.39 is 17.6 Å². The Morgan fingerprint density at radius 3 is 2.13 bits per heavy atom. The summed E-state index contributed by atoms with van der Waals surface area (Å²) in [5.41, 5.74) is 3.67. The van der Waals surface area contributed by atoms with Gasteiger partial charge in [0.05, 0.1) is 12.1 Å². The van der Waals surface area contributed by atoms with E-state index in [0.717, 1.165) is 17.7 Å². The molecule has 0 spiro atoms. The van der Waals surface area contributed by atoms with Crippen molar-refractivity contribution in [3.63, 3.8) is 0 Å². The summed E-state index contributed by atoms with van der Waals surface area (Å²) >= 11 is 0. The molecule has 0 bridgehead atoms. The van der Waals surface area contributed by atoms with Gasteiger partial charge in [0.1, 0.15) is 17.3 Å². The second-order valence-corrected chi connectivity index (χ2v) is 7.58. The summed E-state index contributed by atoms with van der Waals surface area (Å²) < 4.78 is 26.8. The molecule has 154 valence electrons. The number of anilines is 1. The summed E-state index contributed by atoms with van der Waals surface area (Å²) in [5.74, 6) is -1.66. The van der Waals surface area contributed by atoms with E-state index in [1.807, 2.05) is 29.2 Å². The lowest BCUT2D eigenvalue weighted by Crippen LogP contribution is -2.34. The van der Waals surface area contributed by atoms with Crippen molar-refractivity contribution in [2.75, 3.05) is 11.4 Å². The smallest absolute Gasteiger partial charge is 0.278 e. The van der Waals surface area contributed by atoms with Crippen LogP contribution in [0, 0.1) is 11.6 Å². The number of imide groups is 1. The Kier molecular flexibility index (Phi) is 4.62. The molecule has 0 aromatic heterocycles. The molecule has 0 atom stereocenters. The maximum absolute atomic E-state index is 13.5. The average molecular weight is 416 g/mol. The quantitative estimate of drug-likeness (QED) is 0.596. The van der Waals surface area contributed by atoms with Crippen LogP contribution in [0.5, 0.6) is 0 Å². The number of carbonyl (C=O) groups is 2. The molecule has 0 unspecified atom stereocenters. The third kappa shape index (κ3) is 3.30. The minimum absolute atomic E-state index is 0.0294. The van der Waals surface area contributed by atoms with E-state index in [9.17, 15) is 18.4 Å². The average Bonchev–Trinajstić information content (AvgIpc) is 3.30. The first-order valence-electron chi connectivity index (χ1n) is 9.99. The molecule has 0 saturated heterocycles. The predicted molar refractivity (Wildman–Crippen MR) is 113 cm³/mol. The number of rotatable bonds is 4. The molecular formula is C25H18F2N2O2. The fourth-order valence-corrected chi connectivity index (χ4v) is 4.18. The molecule has 6 heteroatoms. The van der Waals surface area contributed by atoms with E-state index in [1.165, 1.54) is 41.3 Å². The third-order valence-electron chi connectivity index (χ3n) is 5.69. The lowest BCUT2D eigenvalue weighted by atomic mass is 10.0. The second-order valence-electron chi connectivity index (χ2n) is 7.58. The standard InChI is InChI=1S/C25H18F2N2O2/c26-19-9-5-16(6-10-19)15-29-24(30)22(18-7-11-20(27)12-8-18)23(25(29)31)28-14-13-17-3-1-2-4-21(17)28/h1-12H,13-15H2. The molecule has 2 aliphatic rings. The lowest BCUT2D eigenvalue weighted by Gasteiger charge is -2.22. The first kappa shape index (κ1) is 19.2. The van der Waals surface area contributed by atoms with Gasteiger partial charge in [-0.25, -0.2) is 8.78 Å². The summed E-state index contributed by atoms with van der Waals surface area (Å²) in [6.07, 6.45) is 0.760. The number of nitrogens with zero attached hydrogens (tertiary/aromatic N) is 2. The number of hydrogen-bond donors (Lipinski definition) is 0. The molecule has 0 fully saturated rings. The maximum atomic E-state index is 13.5.